The largest absolute Gasteiger partial charge is 0.369 e. The maximum atomic E-state index is 12.3. The van der Waals surface area contributed by atoms with Gasteiger partial charge in [-0.05, 0) is 30.8 Å². The number of nitrogens with one attached hydrogen (secondary N) is 1. The number of likely N-dealkylation sites (N-methyl/N-ethyl adjacent to an activating group) is 1. The Morgan fingerprint density at radius 1 is 1.07 bits per heavy atom. The summed E-state index contributed by atoms with van der Waals surface area (Å²) < 4.78 is 0. The van der Waals surface area contributed by atoms with Gasteiger partial charge < -0.3 is 15.1 Å². The highest BCUT2D eigenvalue weighted by Gasteiger charge is 2.17. The van der Waals surface area contributed by atoms with Crippen molar-refractivity contribution in [3.8, 4) is 0 Å². The minimum Gasteiger partial charge on any atom is -0.369 e. The van der Waals surface area contributed by atoms with Crippen molar-refractivity contribution in [3.63, 3.8) is 0 Å². The Balaban J connectivity index is 1.58. The van der Waals surface area contributed by atoms with Crippen LogP contribution in [0.15, 0.2) is 48.5 Å². The van der Waals surface area contributed by atoms with Crippen molar-refractivity contribution in [2.45, 2.75) is 13.3 Å². The van der Waals surface area contributed by atoms with Crippen LogP contribution in [0.5, 0.6) is 0 Å². The molecule has 0 radical (unpaired) electrons. The summed E-state index contributed by atoms with van der Waals surface area (Å²) in [6.45, 7) is 7.37. The number of para-hydroxylation sites is 1. The summed E-state index contributed by atoms with van der Waals surface area (Å²) >= 11 is 0. The molecule has 7 nitrogen and oxygen atoms in total. The zero-order valence-electron chi connectivity index (χ0n) is 15.4. The van der Waals surface area contributed by atoms with Crippen LogP contribution in [0.3, 0.4) is 0 Å². The number of hydrogen-bond acceptors (Lipinski definition) is 5. The molecular weight excluding hydrogens is 344 g/mol. The van der Waals surface area contributed by atoms with Gasteiger partial charge in [0, 0.05) is 49.2 Å². The van der Waals surface area contributed by atoms with Crippen molar-refractivity contribution < 1.29 is 9.72 Å². The Morgan fingerprint density at radius 3 is 2.37 bits per heavy atom. The van der Waals surface area contributed by atoms with E-state index in [1.165, 1.54) is 6.07 Å². The van der Waals surface area contributed by atoms with Crippen molar-refractivity contribution in [2.75, 3.05) is 42.9 Å². The molecule has 0 spiro atoms. The lowest BCUT2D eigenvalue weighted by Gasteiger charge is -2.35. The lowest BCUT2D eigenvalue weighted by molar-refractivity contribution is -0.385. The molecule has 3 rings (SSSR count). The monoisotopic (exact) mass is 368 g/mol. The van der Waals surface area contributed by atoms with E-state index >= 15 is 0 Å². The molecule has 2 aromatic carbocycles. The third-order valence-electron chi connectivity index (χ3n) is 4.88. The average molecular weight is 368 g/mol. The highest BCUT2D eigenvalue weighted by Crippen LogP contribution is 2.21. The number of nitro groups is 1. The SMILES string of the molecule is CCN1CCN(c2ccc(NC(=O)Cc3ccccc3[N+](=O)[O-])cc2)CC1. The summed E-state index contributed by atoms with van der Waals surface area (Å²) in [6, 6.07) is 14.1. The number of carbonyl (C=O) groups is 1. The zero-order chi connectivity index (χ0) is 19.2. The molecule has 0 bridgehead atoms. The van der Waals surface area contributed by atoms with Crippen LogP contribution >= 0.6 is 0 Å². The van der Waals surface area contributed by atoms with Gasteiger partial charge in [-0.1, -0.05) is 25.1 Å². The first-order valence-electron chi connectivity index (χ1n) is 9.16. The van der Waals surface area contributed by atoms with E-state index in [9.17, 15) is 14.9 Å². The first-order chi connectivity index (χ1) is 13.1. The fourth-order valence-electron chi connectivity index (χ4n) is 3.29. The van der Waals surface area contributed by atoms with Gasteiger partial charge in [-0.15, -0.1) is 0 Å². The average Bonchev–Trinajstić information content (AvgIpc) is 2.69. The van der Waals surface area contributed by atoms with Crippen LogP contribution in [0.1, 0.15) is 12.5 Å². The van der Waals surface area contributed by atoms with Crippen molar-refractivity contribution in [3.05, 3.63) is 64.2 Å². The second-order valence-electron chi connectivity index (χ2n) is 6.58. The first kappa shape index (κ1) is 18.8. The second kappa shape index (κ2) is 8.64. The van der Waals surface area contributed by atoms with Crippen molar-refractivity contribution in [1.82, 2.24) is 4.90 Å². The topological polar surface area (TPSA) is 78.7 Å². The first-order valence-corrected chi connectivity index (χ1v) is 9.16. The van der Waals surface area contributed by atoms with E-state index in [1.807, 2.05) is 24.3 Å². The number of hydrogen-bond donors (Lipinski definition) is 1. The molecule has 1 aliphatic rings. The Kier molecular flexibility index (Phi) is 6.03. The second-order valence-corrected chi connectivity index (χ2v) is 6.58. The molecule has 1 fully saturated rings. The van der Waals surface area contributed by atoms with Crippen LogP contribution in [0.25, 0.3) is 0 Å². The smallest absolute Gasteiger partial charge is 0.273 e. The predicted octanol–water partition coefficient (Wildman–Crippen LogP) is 2.92. The minimum atomic E-state index is -0.463. The molecule has 0 aromatic heterocycles. The van der Waals surface area contributed by atoms with Gasteiger partial charge in [-0.3, -0.25) is 14.9 Å². The van der Waals surface area contributed by atoms with Crippen molar-refractivity contribution >= 4 is 23.0 Å². The van der Waals surface area contributed by atoms with Crippen molar-refractivity contribution in [2.24, 2.45) is 0 Å². The van der Waals surface area contributed by atoms with Crippen LogP contribution in [0.2, 0.25) is 0 Å². The number of nitro benzene ring substituents is 1. The molecule has 0 atom stereocenters. The maximum Gasteiger partial charge on any atom is 0.273 e. The number of amides is 1. The van der Waals surface area contributed by atoms with Gasteiger partial charge in [0.2, 0.25) is 5.91 Å². The van der Waals surface area contributed by atoms with Crippen LogP contribution < -0.4 is 10.2 Å². The molecule has 1 amide bonds. The van der Waals surface area contributed by atoms with Gasteiger partial charge in [-0.25, -0.2) is 0 Å². The Morgan fingerprint density at radius 2 is 1.74 bits per heavy atom. The highest BCUT2D eigenvalue weighted by atomic mass is 16.6. The summed E-state index contributed by atoms with van der Waals surface area (Å²) in [6.07, 6.45) is -0.0299. The summed E-state index contributed by atoms with van der Waals surface area (Å²) in [7, 11) is 0. The minimum absolute atomic E-state index is 0.0299. The number of carbonyl (C=O) groups excluding carboxylic acids is 1. The van der Waals surface area contributed by atoms with Gasteiger partial charge in [-0.2, -0.15) is 0 Å². The zero-order valence-corrected chi connectivity index (χ0v) is 15.4. The van der Waals surface area contributed by atoms with Gasteiger partial charge in [0.1, 0.15) is 0 Å². The Hall–Kier alpha value is -2.93. The number of anilines is 2. The lowest BCUT2D eigenvalue weighted by Crippen LogP contribution is -2.46. The predicted molar refractivity (Wildman–Crippen MR) is 106 cm³/mol. The molecule has 1 aliphatic heterocycles. The third-order valence-corrected chi connectivity index (χ3v) is 4.88. The van der Waals surface area contributed by atoms with Crippen LogP contribution in [0.4, 0.5) is 17.1 Å². The molecule has 0 aliphatic carbocycles. The summed E-state index contributed by atoms with van der Waals surface area (Å²) in [5.41, 5.74) is 2.21. The number of nitrogens with zero attached hydrogens (tertiary/aromatic N) is 3. The van der Waals surface area contributed by atoms with E-state index in [0.29, 0.717) is 11.3 Å². The van der Waals surface area contributed by atoms with E-state index < -0.39 is 4.92 Å². The summed E-state index contributed by atoms with van der Waals surface area (Å²) in [4.78, 5) is 27.6. The summed E-state index contributed by atoms with van der Waals surface area (Å²) in [5.74, 6) is -0.270. The number of benzene rings is 2. The molecule has 0 saturated carbocycles. The lowest BCUT2D eigenvalue weighted by atomic mass is 10.1. The normalized spacial score (nSPS) is 14.8. The van der Waals surface area contributed by atoms with E-state index in [1.54, 1.807) is 18.2 Å². The molecule has 1 heterocycles. The Bertz CT molecular complexity index is 799. The van der Waals surface area contributed by atoms with Gasteiger partial charge in [0.25, 0.3) is 5.69 Å². The molecular formula is C20H24N4O3. The van der Waals surface area contributed by atoms with E-state index in [-0.39, 0.29) is 18.0 Å². The number of piperazine rings is 1. The molecule has 1 saturated heterocycles. The molecule has 0 unspecified atom stereocenters. The van der Waals surface area contributed by atoms with Crippen LogP contribution in [-0.4, -0.2) is 48.5 Å². The molecule has 2 aromatic rings. The summed E-state index contributed by atoms with van der Waals surface area (Å²) in [5, 5.41) is 13.9. The molecule has 1 N–H and O–H groups in total. The fraction of sp³-hybridized carbons (Fsp3) is 0.350. The molecule has 7 heteroatoms. The van der Waals surface area contributed by atoms with E-state index in [2.05, 4.69) is 22.0 Å². The van der Waals surface area contributed by atoms with Crippen LogP contribution in [0, 0.1) is 10.1 Å². The van der Waals surface area contributed by atoms with Gasteiger partial charge >= 0.3 is 0 Å². The third kappa shape index (κ3) is 4.83. The standard InChI is InChI=1S/C20H24N4O3/c1-2-22-11-13-23(14-12-22)18-9-7-17(8-10-18)21-20(25)15-16-5-3-4-6-19(16)24(26)27/h3-10H,2,11-15H2,1H3,(H,21,25). The van der Waals surface area contributed by atoms with Crippen molar-refractivity contribution in [1.29, 1.82) is 0 Å². The van der Waals surface area contributed by atoms with E-state index in [0.717, 1.165) is 38.4 Å². The fourth-order valence-corrected chi connectivity index (χ4v) is 3.29. The van der Waals surface area contributed by atoms with E-state index in [4.69, 9.17) is 0 Å². The Labute approximate surface area is 158 Å². The maximum absolute atomic E-state index is 12.3. The highest BCUT2D eigenvalue weighted by molar-refractivity contribution is 5.93. The quantitative estimate of drug-likeness (QED) is 0.626. The molecule has 142 valence electrons. The van der Waals surface area contributed by atoms with Gasteiger partial charge in [0.05, 0.1) is 11.3 Å². The molecule has 27 heavy (non-hydrogen) atoms. The number of rotatable bonds is 6. The van der Waals surface area contributed by atoms with Gasteiger partial charge in [0.15, 0.2) is 0 Å². The van der Waals surface area contributed by atoms with Crippen LogP contribution in [-0.2, 0) is 11.2 Å².